The van der Waals surface area contributed by atoms with E-state index in [9.17, 15) is 14.4 Å². The van der Waals surface area contributed by atoms with Crippen LogP contribution in [-0.2, 0) is 9.53 Å². The van der Waals surface area contributed by atoms with Crippen molar-refractivity contribution in [1.82, 2.24) is 10.2 Å². The molecular weight excluding hydrogens is 346 g/mol. The summed E-state index contributed by atoms with van der Waals surface area (Å²) in [5.74, 6) is -0.624. The highest BCUT2D eigenvalue weighted by Gasteiger charge is 2.25. The Morgan fingerprint density at radius 2 is 2.12 bits per heavy atom. The van der Waals surface area contributed by atoms with Crippen LogP contribution >= 0.6 is 11.6 Å². The first-order chi connectivity index (χ1) is 11.8. The number of carbonyl (C=O) groups excluding carboxylic acids is 3. The fourth-order valence-corrected chi connectivity index (χ4v) is 2.63. The van der Waals surface area contributed by atoms with Crippen molar-refractivity contribution in [1.29, 1.82) is 0 Å². The van der Waals surface area contributed by atoms with Crippen LogP contribution in [-0.4, -0.2) is 48.0 Å². The lowest BCUT2D eigenvalue weighted by atomic mass is 10.2. The lowest BCUT2D eigenvalue weighted by molar-refractivity contribution is -0.120. The molecule has 1 fully saturated rings. The van der Waals surface area contributed by atoms with Gasteiger partial charge in [-0.05, 0) is 39.0 Å². The summed E-state index contributed by atoms with van der Waals surface area (Å²) in [6.45, 7) is 6.08. The maximum Gasteiger partial charge on any atom is 0.339 e. The molecule has 0 aliphatic carbocycles. The van der Waals surface area contributed by atoms with E-state index in [1.54, 1.807) is 24.8 Å². The maximum absolute atomic E-state index is 12.5. The first kappa shape index (κ1) is 19.1. The van der Waals surface area contributed by atoms with Crippen LogP contribution in [0.4, 0.5) is 10.5 Å². The molecule has 2 rings (SSSR count). The van der Waals surface area contributed by atoms with Crippen molar-refractivity contribution < 1.29 is 19.1 Å². The van der Waals surface area contributed by atoms with Gasteiger partial charge in [-0.2, -0.15) is 0 Å². The number of rotatable bonds is 3. The van der Waals surface area contributed by atoms with Crippen LogP contribution in [0.25, 0.3) is 0 Å². The highest BCUT2D eigenvalue weighted by molar-refractivity contribution is 6.33. The monoisotopic (exact) mass is 367 g/mol. The molecule has 136 valence electrons. The summed E-state index contributed by atoms with van der Waals surface area (Å²) in [6.07, 6.45) is -0.0190. The molecule has 1 saturated heterocycles. The highest BCUT2D eigenvalue weighted by Crippen LogP contribution is 2.22. The molecule has 0 unspecified atom stereocenters. The Hall–Kier alpha value is -2.28. The largest absolute Gasteiger partial charge is 0.459 e. The summed E-state index contributed by atoms with van der Waals surface area (Å²) in [5.41, 5.74) is 0.620. The van der Waals surface area contributed by atoms with E-state index in [1.165, 1.54) is 12.1 Å². The zero-order valence-corrected chi connectivity index (χ0v) is 15.2. The summed E-state index contributed by atoms with van der Waals surface area (Å²) in [6, 6.07) is 4.15. The second-order valence-electron chi connectivity index (χ2n) is 6.18. The smallest absolute Gasteiger partial charge is 0.339 e. The average molecular weight is 368 g/mol. The quantitative estimate of drug-likeness (QED) is 0.804. The molecule has 1 heterocycles. The molecule has 0 saturated carbocycles. The van der Waals surface area contributed by atoms with Gasteiger partial charge in [0.2, 0.25) is 5.91 Å². The van der Waals surface area contributed by atoms with Crippen molar-refractivity contribution >= 4 is 35.2 Å². The number of esters is 1. The number of halogens is 1. The first-order valence-electron chi connectivity index (χ1n) is 8.12. The normalized spacial score (nSPS) is 17.7. The summed E-state index contributed by atoms with van der Waals surface area (Å²) in [7, 11) is 0. The van der Waals surface area contributed by atoms with Crippen molar-refractivity contribution in [2.45, 2.75) is 39.3 Å². The minimum atomic E-state index is -0.547. The van der Waals surface area contributed by atoms with E-state index in [0.29, 0.717) is 18.8 Å². The van der Waals surface area contributed by atoms with E-state index in [0.717, 1.165) is 0 Å². The fraction of sp³-hybridized carbons (Fsp3) is 0.471. The van der Waals surface area contributed by atoms with Gasteiger partial charge in [-0.25, -0.2) is 9.59 Å². The van der Waals surface area contributed by atoms with Crippen LogP contribution in [0.1, 0.15) is 37.6 Å². The number of benzene rings is 1. The number of hydrogen-bond donors (Lipinski definition) is 2. The summed E-state index contributed by atoms with van der Waals surface area (Å²) >= 11 is 6.05. The van der Waals surface area contributed by atoms with Crippen LogP contribution in [0, 0.1) is 0 Å². The molecular formula is C17H22ClN3O4. The summed E-state index contributed by atoms with van der Waals surface area (Å²) < 4.78 is 5.15. The van der Waals surface area contributed by atoms with Gasteiger partial charge in [0.05, 0.1) is 16.7 Å². The standard InChI is InChI=1S/C17H22ClN3O4/c1-10(2)25-16(23)13-8-12(4-5-14(13)18)20-17(24)21-7-6-15(22)19-9-11(21)3/h4-5,8,10-11H,6-7,9H2,1-3H3,(H,19,22)(H,20,24)/t11-/m0/s1. The van der Waals surface area contributed by atoms with Gasteiger partial charge in [-0.15, -0.1) is 0 Å². The molecule has 7 nitrogen and oxygen atoms in total. The van der Waals surface area contributed by atoms with Crippen molar-refractivity contribution in [2.24, 2.45) is 0 Å². The van der Waals surface area contributed by atoms with Crippen LogP contribution in [0.3, 0.4) is 0 Å². The number of carbonyl (C=O) groups is 3. The topological polar surface area (TPSA) is 87.7 Å². The van der Waals surface area contributed by atoms with Crippen molar-refractivity contribution in [3.63, 3.8) is 0 Å². The lowest BCUT2D eigenvalue weighted by Gasteiger charge is -2.26. The number of anilines is 1. The molecule has 3 amide bonds. The van der Waals surface area contributed by atoms with Crippen LogP contribution in [0.2, 0.25) is 5.02 Å². The van der Waals surface area contributed by atoms with E-state index >= 15 is 0 Å². The van der Waals surface area contributed by atoms with Crippen molar-refractivity contribution in [3.8, 4) is 0 Å². The molecule has 0 bridgehead atoms. The van der Waals surface area contributed by atoms with Gasteiger partial charge < -0.3 is 20.3 Å². The SMILES string of the molecule is CC(C)OC(=O)c1cc(NC(=O)N2CCC(=O)NC[C@@H]2C)ccc1Cl. The predicted molar refractivity (Wildman–Crippen MR) is 94.8 cm³/mol. The molecule has 0 aromatic heterocycles. The number of hydrogen-bond acceptors (Lipinski definition) is 4. The third-order valence-electron chi connectivity index (χ3n) is 3.75. The zero-order chi connectivity index (χ0) is 18.6. The Morgan fingerprint density at radius 3 is 2.80 bits per heavy atom. The van der Waals surface area contributed by atoms with Crippen LogP contribution in [0.5, 0.6) is 0 Å². The number of nitrogens with one attached hydrogen (secondary N) is 2. The van der Waals surface area contributed by atoms with E-state index in [-0.39, 0.29) is 41.1 Å². The van der Waals surface area contributed by atoms with Crippen LogP contribution in [0.15, 0.2) is 18.2 Å². The zero-order valence-electron chi connectivity index (χ0n) is 14.5. The van der Waals surface area contributed by atoms with Gasteiger partial charge in [-0.3, -0.25) is 4.79 Å². The highest BCUT2D eigenvalue weighted by atomic mass is 35.5. The minimum absolute atomic E-state index is 0.0765. The fourth-order valence-electron chi connectivity index (χ4n) is 2.44. The number of urea groups is 1. The van der Waals surface area contributed by atoms with E-state index in [4.69, 9.17) is 16.3 Å². The number of amides is 3. The van der Waals surface area contributed by atoms with Gasteiger partial charge in [0, 0.05) is 31.2 Å². The minimum Gasteiger partial charge on any atom is -0.459 e. The second kappa shape index (κ2) is 8.20. The molecule has 8 heteroatoms. The van der Waals surface area contributed by atoms with Gasteiger partial charge in [0.1, 0.15) is 0 Å². The van der Waals surface area contributed by atoms with E-state index in [2.05, 4.69) is 10.6 Å². The van der Waals surface area contributed by atoms with Gasteiger partial charge >= 0.3 is 12.0 Å². The third kappa shape index (κ3) is 5.09. The summed E-state index contributed by atoms with van der Waals surface area (Å²) in [4.78, 5) is 37.6. The number of nitrogens with zero attached hydrogens (tertiary/aromatic N) is 1. The van der Waals surface area contributed by atoms with E-state index in [1.807, 2.05) is 6.92 Å². The lowest BCUT2D eigenvalue weighted by Crippen LogP contribution is -2.44. The number of ether oxygens (including phenoxy) is 1. The molecule has 0 radical (unpaired) electrons. The second-order valence-corrected chi connectivity index (χ2v) is 6.58. The molecule has 1 atom stereocenters. The Labute approximate surface area is 151 Å². The maximum atomic E-state index is 12.5. The predicted octanol–water partition coefficient (Wildman–Crippen LogP) is 2.65. The van der Waals surface area contributed by atoms with Gasteiger partial charge in [0.25, 0.3) is 0 Å². The molecule has 1 aliphatic heterocycles. The Kier molecular flexibility index (Phi) is 6.25. The van der Waals surface area contributed by atoms with Crippen molar-refractivity contribution in [2.75, 3.05) is 18.4 Å². The average Bonchev–Trinajstić information content (AvgIpc) is 2.70. The molecule has 1 aliphatic rings. The van der Waals surface area contributed by atoms with Gasteiger partial charge in [0.15, 0.2) is 0 Å². The van der Waals surface area contributed by atoms with E-state index < -0.39 is 5.97 Å². The molecule has 2 N–H and O–H groups in total. The molecule has 1 aromatic carbocycles. The Bertz CT molecular complexity index is 678. The molecule has 1 aromatic rings. The Balaban J connectivity index is 2.12. The molecule has 0 spiro atoms. The summed E-state index contributed by atoms with van der Waals surface area (Å²) in [5, 5.41) is 5.75. The third-order valence-corrected chi connectivity index (χ3v) is 4.08. The van der Waals surface area contributed by atoms with Gasteiger partial charge in [-0.1, -0.05) is 11.6 Å². The molecule has 25 heavy (non-hydrogen) atoms. The van der Waals surface area contributed by atoms with Crippen molar-refractivity contribution in [3.05, 3.63) is 28.8 Å². The Morgan fingerprint density at radius 1 is 1.40 bits per heavy atom. The first-order valence-corrected chi connectivity index (χ1v) is 8.50. The van der Waals surface area contributed by atoms with Crippen LogP contribution < -0.4 is 10.6 Å².